The summed E-state index contributed by atoms with van der Waals surface area (Å²) in [6.07, 6.45) is 0. The van der Waals surface area contributed by atoms with E-state index in [4.69, 9.17) is 10.6 Å². The smallest absolute Gasteiger partial charge is 0.233 e. The van der Waals surface area contributed by atoms with Crippen molar-refractivity contribution in [3.63, 3.8) is 0 Å². The Kier molecular flexibility index (Phi) is 4.31. The predicted octanol–water partition coefficient (Wildman–Crippen LogP) is 1.87. The largest absolute Gasteiger partial charge is 0.494 e. The Bertz CT molecular complexity index is 349. The summed E-state index contributed by atoms with van der Waals surface area (Å²) >= 11 is 0. The van der Waals surface area contributed by atoms with E-state index in [-0.39, 0.29) is 11.9 Å². The molecule has 0 spiro atoms. The number of nitrogens with two attached hydrogens (primary N) is 1. The first-order valence-corrected chi connectivity index (χ1v) is 5.33. The van der Waals surface area contributed by atoms with E-state index in [0.717, 1.165) is 11.3 Å². The Balaban J connectivity index is 2.77. The molecular weight excluding hydrogens is 204 g/mol. The minimum Gasteiger partial charge on any atom is -0.494 e. The van der Waals surface area contributed by atoms with Crippen LogP contribution in [-0.2, 0) is 4.79 Å². The third-order valence-electron chi connectivity index (χ3n) is 2.45. The zero-order valence-electron chi connectivity index (χ0n) is 9.93. The van der Waals surface area contributed by atoms with Crippen molar-refractivity contribution >= 4 is 5.91 Å². The molecule has 0 aliphatic carbocycles. The second-order valence-corrected chi connectivity index (χ2v) is 3.60. The molecule has 0 heterocycles. The molecule has 0 fully saturated rings. The monoisotopic (exact) mass is 222 g/mol. The van der Waals surface area contributed by atoms with Gasteiger partial charge in [-0.1, -0.05) is 12.1 Å². The average molecular weight is 222 g/mol. The molecule has 0 bridgehead atoms. The van der Waals surface area contributed by atoms with E-state index in [0.29, 0.717) is 6.61 Å². The summed E-state index contributed by atoms with van der Waals surface area (Å²) < 4.78 is 5.34. The molecule has 1 rings (SSSR count). The number of hydrogen-bond donors (Lipinski definition) is 1. The topological polar surface area (TPSA) is 55.6 Å². The van der Waals surface area contributed by atoms with E-state index < -0.39 is 0 Å². The summed E-state index contributed by atoms with van der Waals surface area (Å²) in [6, 6.07) is 7.46. The first-order chi connectivity index (χ1) is 7.56. The Morgan fingerprint density at radius 1 is 1.44 bits per heavy atom. The van der Waals surface area contributed by atoms with Crippen LogP contribution in [0.25, 0.3) is 0 Å². The summed E-state index contributed by atoms with van der Waals surface area (Å²) in [5, 5.41) is 1.22. The first-order valence-electron chi connectivity index (χ1n) is 5.33. The molecule has 0 saturated heterocycles. The first kappa shape index (κ1) is 12.5. The molecule has 1 aromatic rings. The number of hydrogen-bond acceptors (Lipinski definition) is 3. The van der Waals surface area contributed by atoms with Gasteiger partial charge in [-0.2, -0.15) is 0 Å². The maximum absolute atomic E-state index is 11.1. The lowest BCUT2D eigenvalue weighted by Gasteiger charge is -2.23. The zero-order valence-corrected chi connectivity index (χ0v) is 9.93. The maximum atomic E-state index is 11.1. The van der Waals surface area contributed by atoms with Gasteiger partial charge in [0, 0.05) is 6.92 Å². The Morgan fingerprint density at radius 3 is 2.44 bits per heavy atom. The molecule has 2 N–H and O–H groups in total. The lowest BCUT2D eigenvalue weighted by Crippen LogP contribution is -2.37. The maximum Gasteiger partial charge on any atom is 0.233 e. The van der Waals surface area contributed by atoms with Gasteiger partial charge < -0.3 is 4.74 Å². The van der Waals surface area contributed by atoms with Gasteiger partial charge >= 0.3 is 0 Å². The van der Waals surface area contributed by atoms with Gasteiger partial charge in [0.1, 0.15) is 5.75 Å². The van der Waals surface area contributed by atoms with Crippen LogP contribution in [0.5, 0.6) is 5.75 Å². The van der Waals surface area contributed by atoms with Crippen LogP contribution in [0.3, 0.4) is 0 Å². The number of carbonyl (C=O) groups excluding carboxylic acids is 1. The van der Waals surface area contributed by atoms with E-state index >= 15 is 0 Å². The molecule has 0 aromatic heterocycles. The molecule has 1 atom stereocenters. The van der Waals surface area contributed by atoms with Crippen molar-refractivity contribution in [3.05, 3.63) is 29.8 Å². The summed E-state index contributed by atoms with van der Waals surface area (Å²) in [4.78, 5) is 11.1. The normalized spacial score (nSPS) is 12.0. The number of nitrogens with zero attached hydrogens (tertiary/aromatic N) is 1. The van der Waals surface area contributed by atoms with Crippen molar-refractivity contribution < 1.29 is 9.53 Å². The van der Waals surface area contributed by atoms with Gasteiger partial charge in [-0.3, -0.25) is 9.80 Å². The lowest BCUT2D eigenvalue weighted by molar-refractivity contribution is -0.131. The van der Waals surface area contributed by atoms with Crippen LogP contribution in [0.4, 0.5) is 0 Å². The molecule has 4 nitrogen and oxygen atoms in total. The van der Waals surface area contributed by atoms with Crippen LogP contribution in [0.1, 0.15) is 32.4 Å². The third kappa shape index (κ3) is 2.97. The molecule has 4 heteroatoms. The Labute approximate surface area is 96.0 Å². The molecule has 0 aliphatic heterocycles. The molecule has 1 unspecified atom stereocenters. The number of rotatable bonds is 4. The molecule has 88 valence electrons. The highest BCUT2D eigenvalue weighted by molar-refractivity contribution is 5.73. The van der Waals surface area contributed by atoms with Crippen molar-refractivity contribution in [3.8, 4) is 5.75 Å². The van der Waals surface area contributed by atoms with Gasteiger partial charge in [0.15, 0.2) is 0 Å². The second kappa shape index (κ2) is 5.51. The third-order valence-corrected chi connectivity index (χ3v) is 2.45. The van der Waals surface area contributed by atoms with Crippen molar-refractivity contribution in [2.75, 3.05) is 6.61 Å². The van der Waals surface area contributed by atoms with Crippen molar-refractivity contribution in [1.82, 2.24) is 5.01 Å². The quantitative estimate of drug-likeness (QED) is 0.480. The fourth-order valence-corrected chi connectivity index (χ4v) is 1.44. The van der Waals surface area contributed by atoms with Gasteiger partial charge in [-0.05, 0) is 31.5 Å². The van der Waals surface area contributed by atoms with Gasteiger partial charge in [-0.25, -0.2) is 5.84 Å². The minimum absolute atomic E-state index is 0.131. The molecule has 0 radical (unpaired) electrons. The van der Waals surface area contributed by atoms with Crippen LogP contribution in [0, 0.1) is 0 Å². The number of hydrazine groups is 1. The van der Waals surface area contributed by atoms with Gasteiger partial charge in [-0.15, -0.1) is 0 Å². The number of ether oxygens (including phenoxy) is 1. The van der Waals surface area contributed by atoms with Crippen LogP contribution < -0.4 is 10.6 Å². The van der Waals surface area contributed by atoms with Crippen LogP contribution in [0.15, 0.2) is 24.3 Å². The second-order valence-electron chi connectivity index (χ2n) is 3.60. The van der Waals surface area contributed by atoms with Crippen LogP contribution in [-0.4, -0.2) is 17.5 Å². The SMILES string of the molecule is CCOc1ccc(C(C)N(N)C(C)=O)cc1. The van der Waals surface area contributed by atoms with Crippen LogP contribution in [0.2, 0.25) is 0 Å². The predicted molar refractivity (Wildman–Crippen MR) is 62.7 cm³/mol. The highest BCUT2D eigenvalue weighted by Gasteiger charge is 2.14. The van der Waals surface area contributed by atoms with E-state index in [1.807, 2.05) is 38.1 Å². The van der Waals surface area contributed by atoms with E-state index in [1.165, 1.54) is 11.9 Å². The summed E-state index contributed by atoms with van der Waals surface area (Å²) in [5.41, 5.74) is 0.987. The molecule has 0 saturated carbocycles. The summed E-state index contributed by atoms with van der Waals surface area (Å²) in [5.74, 6) is 6.31. The molecule has 1 aromatic carbocycles. The number of amides is 1. The average Bonchev–Trinajstić information content (AvgIpc) is 2.28. The Morgan fingerprint density at radius 2 is 2.00 bits per heavy atom. The zero-order chi connectivity index (χ0) is 12.1. The molecular formula is C12H18N2O2. The van der Waals surface area contributed by atoms with Gasteiger partial charge in [0.25, 0.3) is 0 Å². The minimum atomic E-state index is -0.151. The lowest BCUT2D eigenvalue weighted by atomic mass is 10.1. The van der Waals surface area contributed by atoms with Crippen molar-refractivity contribution in [2.24, 2.45) is 5.84 Å². The fraction of sp³-hybridized carbons (Fsp3) is 0.417. The highest BCUT2D eigenvalue weighted by Crippen LogP contribution is 2.20. The molecule has 0 aliphatic rings. The molecule has 16 heavy (non-hydrogen) atoms. The Hall–Kier alpha value is -1.55. The van der Waals surface area contributed by atoms with E-state index in [2.05, 4.69) is 0 Å². The number of carbonyl (C=O) groups is 1. The number of benzene rings is 1. The van der Waals surface area contributed by atoms with E-state index in [1.54, 1.807) is 0 Å². The van der Waals surface area contributed by atoms with E-state index in [9.17, 15) is 4.79 Å². The van der Waals surface area contributed by atoms with Crippen LogP contribution >= 0.6 is 0 Å². The fourth-order valence-electron chi connectivity index (χ4n) is 1.44. The summed E-state index contributed by atoms with van der Waals surface area (Å²) in [6.45, 7) is 5.92. The summed E-state index contributed by atoms with van der Waals surface area (Å²) in [7, 11) is 0. The molecule has 1 amide bonds. The van der Waals surface area contributed by atoms with Crippen molar-refractivity contribution in [1.29, 1.82) is 0 Å². The highest BCUT2D eigenvalue weighted by atomic mass is 16.5. The standard InChI is InChI=1S/C12H18N2O2/c1-4-16-12-7-5-11(6-8-12)9(2)14(13)10(3)15/h5-9H,4,13H2,1-3H3. The van der Waals surface area contributed by atoms with Gasteiger partial charge in [0.05, 0.1) is 12.6 Å². The van der Waals surface area contributed by atoms with Crippen molar-refractivity contribution in [2.45, 2.75) is 26.8 Å². The van der Waals surface area contributed by atoms with Gasteiger partial charge in [0.2, 0.25) is 5.91 Å².